The van der Waals surface area contributed by atoms with Crippen molar-refractivity contribution in [3.05, 3.63) is 47.0 Å². The SMILES string of the molecule is COc1cc(OC)cc(C(=O)N(CC[NH+](C)C)c2nc3c(C)c(C)ccc3s2)c1. The van der Waals surface area contributed by atoms with Crippen LogP contribution in [0.5, 0.6) is 11.5 Å². The van der Waals surface area contributed by atoms with Gasteiger partial charge in [0.05, 0.1) is 51.6 Å². The Labute approximate surface area is 175 Å². The van der Waals surface area contributed by atoms with Crippen LogP contribution in [0.4, 0.5) is 5.13 Å². The van der Waals surface area contributed by atoms with Crippen molar-refractivity contribution in [2.45, 2.75) is 13.8 Å². The first-order valence-electron chi connectivity index (χ1n) is 9.54. The summed E-state index contributed by atoms with van der Waals surface area (Å²) in [5.41, 5.74) is 3.83. The van der Waals surface area contributed by atoms with E-state index in [0.29, 0.717) is 28.7 Å². The summed E-state index contributed by atoms with van der Waals surface area (Å²) in [4.78, 5) is 21.4. The zero-order valence-electron chi connectivity index (χ0n) is 17.8. The zero-order chi connectivity index (χ0) is 21.1. The second kappa shape index (κ2) is 8.80. The van der Waals surface area contributed by atoms with Gasteiger partial charge in [-0.3, -0.25) is 9.69 Å². The number of carbonyl (C=O) groups is 1. The number of nitrogens with zero attached hydrogens (tertiary/aromatic N) is 2. The van der Waals surface area contributed by atoms with E-state index < -0.39 is 0 Å². The molecular formula is C22H28N3O3S+. The highest BCUT2D eigenvalue weighted by atomic mass is 32.1. The van der Waals surface area contributed by atoms with Crippen molar-refractivity contribution in [3.63, 3.8) is 0 Å². The largest absolute Gasteiger partial charge is 0.497 e. The van der Waals surface area contributed by atoms with Crippen LogP contribution < -0.4 is 19.3 Å². The van der Waals surface area contributed by atoms with E-state index in [2.05, 4.69) is 40.1 Å². The Kier molecular flexibility index (Phi) is 6.39. The van der Waals surface area contributed by atoms with E-state index in [1.807, 2.05) is 0 Å². The molecule has 0 aliphatic rings. The molecule has 0 saturated carbocycles. The summed E-state index contributed by atoms with van der Waals surface area (Å²) < 4.78 is 11.8. The van der Waals surface area contributed by atoms with E-state index in [1.54, 1.807) is 48.7 Å². The molecule has 1 aromatic heterocycles. The van der Waals surface area contributed by atoms with Crippen LogP contribution in [-0.2, 0) is 0 Å². The van der Waals surface area contributed by atoms with Gasteiger partial charge in [-0.25, -0.2) is 4.98 Å². The lowest BCUT2D eigenvalue weighted by Gasteiger charge is -2.21. The summed E-state index contributed by atoms with van der Waals surface area (Å²) in [5.74, 6) is 1.06. The van der Waals surface area contributed by atoms with Crippen molar-refractivity contribution in [2.75, 3.05) is 46.3 Å². The number of nitrogens with one attached hydrogen (secondary N) is 1. The predicted molar refractivity (Wildman–Crippen MR) is 118 cm³/mol. The Morgan fingerprint density at radius 2 is 1.76 bits per heavy atom. The summed E-state index contributed by atoms with van der Waals surface area (Å²) >= 11 is 1.55. The Bertz CT molecular complexity index is 1010. The first-order chi connectivity index (χ1) is 13.8. The number of anilines is 1. The topological polar surface area (TPSA) is 56.1 Å². The molecule has 3 rings (SSSR count). The smallest absolute Gasteiger partial charge is 0.260 e. The summed E-state index contributed by atoms with van der Waals surface area (Å²) in [6.07, 6.45) is 0. The molecule has 3 aromatic rings. The van der Waals surface area contributed by atoms with Crippen molar-refractivity contribution < 1.29 is 19.2 Å². The maximum Gasteiger partial charge on any atom is 0.260 e. The van der Waals surface area contributed by atoms with Crippen LogP contribution in [0.2, 0.25) is 0 Å². The molecule has 1 heterocycles. The number of likely N-dealkylation sites (N-methyl/N-ethyl adjacent to an activating group) is 1. The predicted octanol–water partition coefficient (Wildman–Crippen LogP) is 2.72. The molecule has 7 heteroatoms. The molecule has 29 heavy (non-hydrogen) atoms. The maximum absolute atomic E-state index is 13.5. The number of hydrogen-bond acceptors (Lipinski definition) is 5. The van der Waals surface area contributed by atoms with Crippen LogP contribution in [0.25, 0.3) is 10.2 Å². The van der Waals surface area contributed by atoms with E-state index in [1.165, 1.54) is 10.5 Å². The summed E-state index contributed by atoms with van der Waals surface area (Å²) in [6.45, 7) is 5.53. The van der Waals surface area contributed by atoms with Gasteiger partial charge in [-0.05, 0) is 43.2 Å². The van der Waals surface area contributed by atoms with Crippen LogP contribution in [0, 0.1) is 13.8 Å². The van der Waals surface area contributed by atoms with Crippen LogP contribution in [0.1, 0.15) is 21.5 Å². The zero-order valence-corrected chi connectivity index (χ0v) is 18.6. The van der Waals surface area contributed by atoms with Gasteiger partial charge in [0.25, 0.3) is 5.91 Å². The van der Waals surface area contributed by atoms with Gasteiger partial charge in [0, 0.05) is 11.6 Å². The minimum absolute atomic E-state index is 0.114. The van der Waals surface area contributed by atoms with Gasteiger partial charge in [0.15, 0.2) is 5.13 Å². The highest BCUT2D eigenvalue weighted by molar-refractivity contribution is 7.22. The van der Waals surface area contributed by atoms with Gasteiger partial charge in [-0.15, -0.1) is 0 Å². The summed E-state index contributed by atoms with van der Waals surface area (Å²) in [6, 6.07) is 9.41. The van der Waals surface area contributed by atoms with Gasteiger partial charge in [0.1, 0.15) is 11.5 Å². The fourth-order valence-electron chi connectivity index (χ4n) is 3.04. The van der Waals surface area contributed by atoms with Gasteiger partial charge in [-0.1, -0.05) is 17.4 Å². The molecular weight excluding hydrogens is 386 g/mol. The number of amides is 1. The lowest BCUT2D eigenvalue weighted by Crippen LogP contribution is -3.06. The van der Waals surface area contributed by atoms with E-state index in [0.717, 1.165) is 22.3 Å². The highest BCUT2D eigenvalue weighted by Crippen LogP contribution is 2.33. The quantitative estimate of drug-likeness (QED) is 0.646. The van der Waals surface area contributed by atoms with Crippen LogP contribution >= 0.6 is 11.3 Å². The normalized spacial score (nSPS) is 11.1. The molecule has 0 saturated heterocycles. The summed E-state index contributed by atoms with van der Waals surface area (Å²) in [7, 11) is 7.30. The van der Waals surface area contributed by atoms with E-state index in [9.17, 15) is 4.79 Å². The van der Waals surface area contributed by atoms with Crippen LogP contribution in [0.3, 0.4) is 0 Å². The third-order valence-corrected chi connectivity index (χ3v) is 6.03. The fourth-order valence-corrected chi connectivity index (χ4v) is 4.09. The Balaban J connectivity index is 2.06. The van der Waals surface area contributed by atoms with Crippen molar-refractivity contribution >= 4 is 32.6 Å². The number of fused-ring (bicyclic) bond motifs is 1. The molecule has 0 unspecified atom stereocenters. The second-order valence-electron chi connectivity index (χ2n) is 7.37. The average Bonchev–Trinajstić information content (AvgIpc) is 3.14. The van der Waals surface area contributed by atoms with Gasteiger partial charge < -0.3 is 14.4 Å². The molecule has 0 bridgehead atoms. The van der Waals surface area contributed by atoms with Crippen molar-refractivity contribution in [1.29, 1.82) is 0 Å². The number of benzene rings is 2. The van der Waals surface area contributed by atoms with Gasteiger partial charge in [0.2, 0.25) is 0 Å². The van der Waals surface area contributed by atoms with E-state index >= 15 is 0 Å². The molecule has 0 fully saturated rings. The molecule has 0 atom stereocenters. The Morgan fingerprint density at radius 1 is 1.10 bits per heavy atom. The standard InChI is InChI=1S/C22H27N3O3S/c1-14-7-8-19-20(15(14)2)23-22(29-19)25(10-9-24(3)4)21(26)16-11-17(27-5)13-18(12-16)28-6/h7-8,11-13H,9-10H2,1-6H3/p+1. The first kappa shape index (κ1) is 21.1. The lowest BCUT2D eigenvalue weighted by molar-refractivity contribution is -0.856. The third-order valence-electron chi connectivity index (χ3n) is 4.98. The number of methoxy groups -OCH3 is 2. The molecule has 154 valence electrons. The Hall–Kier alpha value is -2.64. The van der Waals surface area contributed by atoms with E-state index in [-0.39, 0.29) is 5.91 Å². The Morgan fingerprint density at radius 3 is 2.34 bits per heavy atom. The van der Waals surface area contributed by atoms with Crippen molar-refractivity contribution in [3.8, 4) is 11.5 Å². The summed E-state index contributed by atoms with van der Waals surface area (Å²) in [5, 5.41) is 0.710. The van der Waals surface area contributed by atoms with E-state index in [4.69, 9.17) is 14.5 Å². The minimum Gasteiger partial charge on any atom is -0.497 e. The molecule has 6 nitrogen and oxygen atoms in total. The highest BCUT2D eigenvalue weighted by Gasteiger charge is 2.24. The molecule has 2 aromatic carbocycles. The van der Waals surface area contributed by atoms with Crippen LogP contribution in [-0.4, -0.2) is 52.3 Å². The first-order valence-corrected chi connectivity index (χ1v) is 10.4. The number of ether oxygens (including phenoxy) is 2. The number of aromatic nitrogens is 1. The number of rotatable bonds is 7. The number of quaternary nitrogens is 1. The van der Waals surface area contributed by atoms with Gasteiger partial charge >= 0.3 is 0 Å². The van der Waals surface area contributed by atoms with Crippen molar-refractivity contribution in [2.24, 2.45) is 0 Å². The molecule has 1 N–H and O–H groups in total. The minimum atomic E-state index is -0.114. The molecule has 0 spiro atoms. The molecule has 1 amide bonds. The molecule has 0 aliphatic heterocycles. The lowest BCUT2D eigenvalue weighted by atomic mass is 10.1. The molecule has 0 radical (unpaired) electrons. The fraction of sp³-hybridized carbons (Fsp3) is 0.364. The maximum atomic E-state index is 13.5. The number of carbonyl (C=O) groups excluding carboxylic acids is 1. The van der Waals surface area contributed by atoms with Gasteiger partial charge in [-0.2, -0.15) is 0 Å². The second-order valence-corrected chi connectivity index (χ2v) is 8.37. The number of thiazole rings is 1. The monoisotopic (exact) mass is 414 g/mol. The van der Waals surface area contributed by atoms with Crippen LogP contribution in [0.15, 0.2) is 30.3 Å². The number of hydrogen-bond donors (Lipinski definition) is 1. The average molecular weight is 415 g/mol. The van der Waals surface area contributed by atoms with Crippen molar-refractivity contribution in [1.82, 2.24) is 4.98 Å². The third kappa shape index (κ3) is 4.52. The molecule has 0 aliphatic carbocycles. The number of aryl methyl sites for hydroxylation is 2.